The van der Waals surface area contributed by atoms with E-state index in [1.54, 1.807) is 9.90 Å². The predicted molar refractivity (Wildman–Crippen MR) is 133 cm³/mol. The number of nitrogens with one attached hydrogen (secondary N) is 1. The van der Waals surface area contributed by atoms with Gasteiger partial charge < -0.3 is 25.8 Å². The SMILES string of the molecule is CO/N=C(\C(=O)N[C@@H]1C(=O)N2C(C(=O)[O-])=C(CSc3nn4cc(C)nc4s3)CS[C@H]12)c1csc(N)n1.[Na+]. The number of aryl methyl sites for hydroxylation is 1. The molecule has 37 heavy (non-hydrogen) atoms. The fourth-order valence-electron chi connectivity index (χ4n) is 3.68. The first-order valence-electron chi connectivity index (χ1n) is 10.2. The van der Waals surface area contributed by atoms with Gasteiger partial charge in [0.15, 0.2) is 15.2 Å². The third kappa shape index (κ3) is 5.39. The second kappa shape index (κ2) is 11.3. The molecule has 0 saturated carbocycles. The second-order valence-corrected chi connectivity index (χ2v) is 11.7. The Hall–Kier alpha value is -2.15. The zero-order chi connectivity index (χ0) is 25.6. The molecule has 18 heteroatoms. The number of nitrogens with zero attached hydrogens (tertiary/aromatic N) is 6. The number of β-lactam (4-membered cyclic amide) rings is 1. The Morgan fingerprint density at radius 3 is 2.84 bits per heavy atom. The summed E-state index contributed by atoms with van der Waals surface area (Å²) in [7, 11) is 1.28. The van der Waals surface area contributed by atoms with E-state index in [1.807, 2.05) is 13.1 Å². The largest absolute Gasteiger partial charge is 1.00 e. The smallest absolute Gasteiger partial charge is 0.543 e. The zero-order valence-electron chi connectivity index (χ0n) is 19.7. The molecule has 5 heterocycles. The number of anilines is 1. The fraction of sp³-hybridized carbons (Fsp3) is 0.316. The second-order valence-electron chi connectivity index (χ2n) is 7.56. The topological polar surface area (TPSA) is 180 Å². The summed E-state index contributed by atoms with van der Waals surface area (Å²) in [6.07, 6.45) is 1.81. The number of nitrogen functional groups attached to an aromatic ring is 1. The average Bonchev–Trinajstić information content (AvgIpc) is 3.52. The molecular formula is C19H17N8NaO5S4. The number of hydrogen-bond acceptors (Lipinski definition) is 14. The standard InChI is InChI=1S/C19H18N8O5S4.Na/c1-7-3-26-18(21-7)36-19(24-26)35-5-8-4-33-15-11(14(29)27(15)12(8)16(30)31)23-13(28)10(25-32-2)9-6-34-17(20)22-9;/h3,6,11,15H,4-5H2,1-2H3,(H2,20,22)(H,23,28)(H,30,31);/q;+1/p-1/b25-10-;/t11-,15-;/m1./s1. The first kappa shape index (κ1) is 27.9. The van der Waals surface area contributed by atoms with Crippen LogP contribution in [0.4, 0.5) is 5.13 Å². The van der Waals surface area contributed by atoms with Crippen molar-refractivity contribution in [3.8, 4) is 0 Å². The Kier molecular flexibility index (Phi) is 8.51. The van der Waals surface area contributed by atoms with Crippen molar-refractivity contribution in [3.63, 3.8) is 0 Å². The van der Waals surface area contributed by atoms with Gasteiger partial charge in [0.25, 0.3) is 11.8 Å². The van der Waals surface area contributed by atoms with Gasteiger partial charge in [0.1, 0.15) is 24.2 Å². The number of fused-ring (bicyclic) bond motifs is 2. The number of imidazole rings is 1. The van der Waals surface area contributed by atoms with Crippen LogP contribution in [0.1, 0.15) is 11.4 Å². The number of carboxylic acids is 1. The number of nitrogens with two attached hydrogens (primary N) is 1. The van der Waals surface area contributed by atoms with E-state index in [2.05, 4.69) is 25.5 Å². The Labute approximate surface area is 248 Å². The van der Waals surface area contributed by atoms with E-state index in [4.69, 9.17) is 10.6 Å². The van der Waals surface area contributed by atoms with Gasteiger partial charge in [-0.25, -0.2) is 14.5 Å². The number of rotatable bonds is 8. The number of carbonyl (C=O) groups is 3. The summed E-state index contributed by atoms with van der Waals surface area (Å²) >= 11 is 5.24. The summed E-state index contributed by atoms with van der Waals surface area (Å²) in [6, 6.07) is -0.945. The monoisotopic (exact) mass is 588 g/mol. The van der Waals surface area contributed by atoms with E-state index < -0.39 is 29.2 Å². The third-order valence-corrected chi connectivity index (χ3v) is 9.36. The van der Waals surface area contributed by atoms with E-state index in [1.165, 1.54) is 42.0 Å². The van der Waals surface area contributed by atoms with Crippen molar-refractivity contribution in [2.45, 2.75) is 22.7 Å². The molecule has 1 fully saturated rings. The molecule has 2 amide bonds. The number of thioether (sulfide) groups is 2. The van der Waals surface area contributed by atoms with Crippen LogP contribution in [-0.2, 0) is 19.2 Å². The molecule has 0 unspecified atom stereocenters. The molecule has 0 aromatic carbocycles. The molecule has 2 atom stereocenters. The summed E-state index contributed by atoms with van der Waals surface area (Å²) in [5.41, 5.74) is 6.93. The Morgan fingerprint density at radius 2 is 2.19 bits per heavy atom. The van der Waals surface area contributed by atoms with Crippen LogP contribution in [0.2, 0.25) is 0 Å². The van der Waals surface area contributed by atoms with Gasteiger partial charge in [0.05, 0.1) is 23.6 Å². The maximum atomic E-state index is 12.9. The van der Waals surface area contributed by atoms with Crippen molar-refractivity contribution in [1.29, 1.82) is 0 Å². The average molecular weight is 589 g/mol. The molecular weight excluding hydrogens is 572 g/mol. The molecule has 2 aliphatic heterocycles. The molecule has 3 aromatic rings. The molecule has 1 saturated heterocycles. The van der Waals surface area contributed by atoms with Crippen molar-refractivity contribution >= 4 is 79.8 Å². The molecule has 188 valence electrons. The van der Waals surface area contributed by atoms with Gasteiger partial charge in [-0.2, -0.15) is 0 Å². The Bertz CT molecular complexity index is 1420. The van der Waals surface area contributed by atoms with Gasteiger partial charge in [-0.1, -0.05) is 28.3 Å². The minimum absolute atomic E-state index is 0. The van der Waals surface area contributed by atoms with Crippen molar-refractivity contribution in [2.24, 2.45) is 5.16 Å². The summed E-state index contributed by atoms with van der Waals surface area (Å²) in [4.78, 5) is 52.8. The van der Waals surface area contributed by atoms with E-state index in [9.17, 15) is 19.5 Å². The predicted octanol–water partition coefficient (Wildman–Crippen LogP) is -3.31. The number of amides is 2. The first-order valence-corrected chi connectivity index (χ1v) is 14.0. The first-order chi connectivity index (χ1) is 17.3. The summed E-state index contributed by atoms with van der Waals surface area (Å²) < 4.78 is 2.40. The van der Waals surface area contributed by atoms with Gasteiger partial charge >= 0.3 is 29.6 Å². The fourth-order valence-corrected chi connectivity index (χ4v) is 7.69. The van der Waals surface area contributed by atoms with Crippen molar-refractivity contribution in [2.75, 3.05) is 24.3 Å². The van der Waals surface area contributed by atoms with E-state index >= 15 is 0 Å². The number of carboxylic acid groups (broad SMARTS) is 1. The van der Waals surface area contributed by atoms with Crippen LogP contribution in [-0.4, -0.2) is 78.0 Å². The molecule has 3 aromatic heterocycles. The molecule has 13 nitrogen and oxygen atoms in total. The van der Waals surface area contributed by atoms with Crippen LogP contribution >= 0.6 is 46.2 Å². The third-order valence-electron chi connectivity index (χ3n) is 5.20. The van der Waals surface area contributed by atoms with E-state index in [-0.39, 0.29) is 51.8 Å². The number of aromatic nitrogens is 4. The number of aliphatic carboxylic acids is 1. The van der Waals surface area contributed by atoms with E-state index in [0.717, 1.165) is 31.2 Å². The van der Waals surface area contributed by atoms with Crippen LogP contribution < -0.4 is 45.7 Å². The summed E-state index contributed by atoms with van der Waals surface area (Å²) in [5.74, 6) is -2.03. The van der Waals surface area contributed by atoms with Crippen LogP contribution in [0.5, 0.6) is 0 Å². The molecule has 0 aliphatic carbocycles. The molecule has 5 rings (SSSR count). The molecule has 0 bridgehead atoms. The minimum Gasteiger partial charge on any atom is -0.543 e. The molecule has 0 spiro atoms. The Morgan fingerprint density at radius 1 is 1.41 bits per heavy atom. The van der Waals surface area contributed by atoms with Crippen molar-refractivity contribution in [3.05, 3.63) is 34.2 Å². The van der Waals surface area contributed by atoms with Gasteiger partial charge in [-0.15, -0.1) is 28.2 Å². The summed E-state index contributed by atoms with van der Waals surface area (Å²) in [6.45, 7) is 1.88. The Balaban J connectivity index is 0.00000320. The maximum absolute atomic E-state index is 12.9. The van der Waals surface area contributed by atoms with Crippen LogP contribution in [0.25, 0.3) is 4.96 Å². The molecule has 2 aliphatic rings. The maximum Gasteiger partial charge on any atom is 1.00 e. The number of carbonyl (C=O) groups excluding carboxylic acids is 3. The number of oxime groups is 1. The molecule has 3 N–H and O–H groups in total. The zero-order valence-corrected chi connectivity index (χ0v) is 24.9. The quantitative estimate of drug-likeness (QED) is 0.0884. The minimum atomic E-state index is -1.45. The summed E-state index contributed by atoms with van der Waals surface area (Å²) in [5, 5.41) is 23.9. The molecule has 0 radical (unpaired) electrons. The van der Waals surface area contributed by atoms with Gasteiger partial charge in [0, 0.05) is 16.9 Å². The number of thiazole rings is 1. The van der Waals surface area contributed by atoms with Gasteiger partial charge in [-0.3, -0.25) is 14.5 Å². The van der Waals surface area contributed by atoms with Crippen LogP contribution in [0, 0.1) is 6.92 Å². The number of hydrogen-bond donors (Lipinski definition) is 2. The van der Waals surface area contributed by atoms with Crippen LogP contribution in [0.3, 0.4) is 0 Å². The normalized spacial score (nSPS) is 19.4. The van der Waals surface area contributed by atoms with Crippen LogP contribution in [0.15, 0.2) is 32.3 Å². The van der Waals surface area contributed by atoms with E-state index in [0.29, 0.717) is 17.1 Å². The van der Waals surface area contributed by atoms with Crippen molar-refractivity contribution < 1.29 is 53.9 Å². The van der Waals surface area contributed by atoms with Gasteiger partial charge in [0.2, 0.25) is 4.96 Å². The van der Waals surface area contributed by atoms with Gasteiger partial charge in [-0.05, 0) is 12.5 Å². The van der Waals surface area contributed by atoms with Crippen molar-refractivity contribution in [1.82, 2.24) is 29.8 Å².